The molecular weight excluding hydrogens is 604 g/mol. The fourth-order valence-corrected chi connectivity index (χ4v) is 10.2. The lowest BCUT2D eigenvalue weighted by molar-refractivity contribution is -0.0571. The van der Waals surface area contributed by atoms with Crippen LogP contribution in [0.25, 0.3) is 0 Å². The lowest BCUT2D eigenvalue weighted by Crippen LogP contribution is -2.49. The molecule has 5 atom stereocenters. The number of halogens is 1. The van der Waals surface area contributed by atoms with E-state index in [4.69, 9.17) is 21.1 Å². The Labute approximate surface area is 265 Å². The van der Waals surface area contributed by atoms with Crippen LogP contribution in [-0.2, 0) is 27.8 Å². The predicted molar refractivity (Wildman–Crippen MR) is 174 cm³/mol. The Morgan fingerprint density at radius 2 is 1.91 bits per heavy atom. The minimum Gasteiger partial charge on any atom is -0.487 e. The smallest absolute Gasteiger partial charge is 0.264 e. The third-order valence-corrected chi connectivity index (χ3v) is 13.8. The van der Waals surface area contributed by atoms with Crippen LogP contribution in [0.15, 0.2) is 36.4 Å². The van der Waals surface area contributed by atoms with Crippen LogP contribution < -0.4 is 14.4 Å². The van der Waals surface area contributed by atoms with Gasteiger partial charge < -0.3 is 14.4 Å². The Hall–Kier alpha value is -1.94. The van der Waals surface area contributed by atoms with Crippen LogP contribution in [-0.4, -0.2) is 50.0 Å². The van der Waals surface area contributed by atoms with E-state index in [1.807, 2.05) is 49.0 Å². The highest BCUT2D eigenvalue weighted by Crippen LogP contribution is 2.54. The number of carbonyl (C=O) groups is 1. The van der Waals surface area contributed by atoms with Crippen LogP contribution in [0.1, 0.15) is 80.3 Å². The van der Waals surface area contributed by atoms with Gasteiger partial charge in [-0.05, 0) is 112 Å². The molecule has 2 aromatic rings. The quantitative estimate of drug-likeness (QED) is 0.336. The zero-order valence-electron chi connectivity index (χ0n) is 25.1. The lowest BCUT2D eigenvalue weighted by atomic mass is 9.68. The van der Waals surface area contributed by atoms with Gasteiger partial charge in [-0.15, -0.1) is 11.8 Å². The number of carbonyl (C=O) groups excluding carboxylic acids is 1. The fraction of sp³-hybridized carbons (Fsp3) is 0.606. The molecule has 3 heterocycles. The van der Waals surface area contributed by atoms with Crippen molar-refractivity contribution in [1.82, 2.24) is 4.72 Å². The van der Waals surface area contributed by atoms with Gasteiger partial charge in [-0.3, -0.25) is 4.79 Å². The molecule has 0 radical (unpaired) electrons. The normalized spacial score (nSPS) is 31.5. The molecule has 1 amide bonds. The van der Waals surface area contributed by atoms with Gasteiger partial charge in [0.2, 0.25) is 10.0 Å². The first-order valence-electron chi connectivity index (χ1n) is 15.8. The summed E-state index contributed by atoms with van der Waals surface area (Å²) in [7, 11) is -3.86. The number of nitrogens with one attached hydrogen (secondary N) is 1. The molecule has 1 saturated heterocycles. The minimum absolute atomic E-state index is 0.0899. The molecule has 2 aromatic carbocycles. The van der Waals surface area contributed by atoms with Crippen molar-refractivity contribution in [2.45, 2.75) is 82.0 Å². The van der Waals surface area contributed by atoms with Crippen molar-refractivity contribution in [3.8, 4) is 5.75 Å². The van der Waals surface area contributed by atoms with Gasteiger partial charge in [0, 0.05) is 35.3 Å². The van der Waals surface area contributed by atoms with Crippen LogP contribution in [0.5, 0.6) is 5.75 Å². The highest BCUT2D eigenvalue weighted by molar-refractivity contribution is 8.00. The fourth-order valence-electron chi connectivity index (χ4n) is 7.24. The van der Waals surface area contributed by atoms with Gasteiger partial charge in [0.25, 0.3) is 5.91 Å². The number of anilines is 1. The van der Waals surface area contributed by atoms with Crippen molar-refractivity contribution in [2.24, 2.45) is 17.8 Å². The molecule has 1 N–H and O–H groups in total. The number of thioether (sulfide) groups is 1. The number of hydrogen-bond acceptors (Lipinski definition) is 7. The summed E-state index contributed by atoms with van der Waals surface area (Å²) in [6.07, 6.45) is 7.79. The number of fused-ring (bicyclic) bond motifs is 4. The Kier molecular flexibility index (Phi) is 9.26. The molecular formula is C33H43ClN2O5S2. The molecule has 2 fully saturated rings. The molecule has 1 saturated carbocycles. The van der Waals surface area contributed by atoms with Crippen molar-refractivity contribution in [3.05, 3.63) is 58.1 Å². The van der Waals surface area contributed by atoms with Crippen molar-refractivity contribution in [3.63, 3.8) is 0 Å². The van der Waals surface area contributed by atoms with E-state index in [0.29, 0.717) is 29.8 Å². The van der Waals surface area contributed by atoms with E-state index in [2.05, 4.69) is 9.62 Å². The first-order valence-corrected chi connectivity index (χ1v) is 18.7. The first-order chi connectivity index (χ1) is 20.6. The van der Waals surface area contributed by atoms with Crippen molar-refractivity contribution >= 4 is 45.0 Å². The SMILES string of the molecule is C[C@@H]1[C@@H](C)CCC[C@]2(OCCS2)[C@@H]2CC[C@H]2CN2CCCCc3cc(Cl)ccc3COc3ccc(cc32)C(=O)NS1(=O)=O. The van der Waals surface area contributed by atoms with Crippen LogP contribution in [0.3, 0.4) is 0 Å². The summed E-state index contributed by atoms with van der Waals surface area (Å²) >= 11 is 8.31. The largest absolute Gasteiger partial charge is 0.487 e. The molecule has 10 heteroatoms. The van der Waals surface area contributed by atoms with E-state index < -0.39 is 21.2 Å². The summed E-state index contributed by atoms with van der Waals surface area (Å²) in [5.74, 6) is 1.94. The van der Waals surface area contributed by atoms with E-state index >= 15 is 0 Å². The van der Waals surface area contributed by atoms with E-state index in [0.717, 1.165) is 93.1 Å². The van der Waals surface area contributed by atoms with E-state index in [9.17, 15) is 13.2 Å². The first kappa shape index (κ1) is 31.1. The number of aryl methyl sites for hydroxylation is 1. The molecule has 3 aliphatic heterocycles. The maximum Gasteiger partial charge on any atom is 0.264 e. The summed E-state index contributed by atoms with van der Waals surface area (Å²) in [4.78, 5) is 15.6. The summed E-state index contributed by atoms with van der Waals surface area (Å²) in [6, 6.07) is 11.3. The van der Waals surface area contributed by atoms with E-state index in [1.54, 1.807) is 13.0 Å². The number of nitrogens with zero attached hydrogens (tertiary/aromatic N) is 1. The molecule has 0 unspecified atom stereocenters. The zero-order valence-corrected chi connectivity index (χ0v) is 27.5. The standard InChI is InChI=1S/C33H43ClN2O5S2/c1-22-6-5-14-33(41-16-17-42-33)29-12-9-26(29)20-36-15-4-3-7-24-18-28(34)11-8-27(24)21-40-31-13-10-25(19-30(31)36)32(37)35-43(38,39)23(22)2/h8,10-11,13,18-19,22-23,26,29H,3-7,9,12,14-17,20-21H2,1-2H3,(H,35,37)/t22-,23+,26-,29+,33+/m0/s1. The van der Waals surface area contributed by atoms with Crippen LogP contribution in [0.4, 0.5) is 5.69 Å². The molecule has 43 heavy (non-hydrogen) atoms. The molecule has 6 rings (SSSR count). The second-order valence-electron chi connectivity index (χ2n) is 12.8. The monoisotopic (exact) mass is 646 g/mol. The van der Waals surface area contributed by atoms with Crippen molar-refractivity contribution in [2.75, 3.05) is 30.3 Å². The number of sulfonamides is 1. The Morgan fingerprint density at radius 1 is 1.05 bits per heavy atom. The summed E-state index contributed by atoms with van der Waals surface area (Å²) in [5, 5.41) is 0.0357. The van der Waals surface area contributed by atoms with Gasteiger partial charge in [-0.2, -0.15) is 0 Å². The topological polar surface area (TPSA) is 84.9 Å². The van der Waals surface area contributed by atoms with Crippen LogP contribution in [0.2, 0.25) is 5.02 Å². The van der Waals surface area contributed by atoms with Crippen LogP contribution in [0, 0.1) is 17.8 Å². The second-order valence-corrected chi connectivity index (χ2v) is 16.7. The molecule has 234 valence electrons. The molecule has 1 aliphatic carbocycles. The number of hydrogen-bond donors (Lipinski definition) is 1. The van der Waals surface area contributed by atoms with Gasteiger partial charge in [0.15, 0.2) is 0 Å². The average molecular weight is 647 g/mol. The Morgan fingerprint density at radius 3 is 2.67 bits per heavy atom. The van der Waals surface area contributed by atoms with E-state index in [1.165, 1.54) is 5.56 Å². The third kappa shape index (κ3) is 6.56. The average Bonchev–Trinajstić information content (AvgIpc) is 3.42. The number of rotatable bonds is 0. The highest BCUT2D eigenvalue weighted by Gasteiger charge is 2.51. The van der Waals surface area contributed by atoms with E-state index in [-0.39, 0.29) is 10.9 Å². The maximum atomic E-state index is 13.4. The Bertz CT molecular complexity index is 1440. The summed E-state index contributed by atoms with van der Waals surface area (Å²) < 4.78 is 42.1. The summed E-state index contributed by atoms with van der Waals surface area (Å²) in [5.41, 5.74) is 3.47. The molecule has 1 spiro atoms. The maximum absolute atomic E-state index is 13.4. The second kappa shape index (κ2) is 12.8. The predicted octanol–water partition coefficient (Wildman–Crippen LogP) is 6.82. The molecule has 0 aromatic heterocycles. The zero-order chi connectivity index (χ0) is 30.2. The van der Waals surface area contributed by atoms with Gasteiger partial charge in [-0.1, -0.05) is 24.6 Å². The number of benzene rings is 2. The lowest BCUT2D eigenvalue weighted by Gasteiger charge is -2.49. The van der Waals surface area contributed by atoms with Crippen molar-refractivity contribution in [1.29, 1.82) is 0 Å². The number of ether oxygens (including phenoxy) is 2. The third-order valence-electron chi connectivity index (χ3n) is 10.2. The van der Waals surface area contributed by atoms with Gasteiger partial charge in [0.05, 0.1) is 17.5 Å². The van der Waals surface area contributed by atoms with Gasteiger partial charge in [0.1, 0.15) is 17.3 Å². The van der Waals surface area contributed by atoms with Gasteiger partial charge in [-0.25, -0.2) is 13.1 Å². The molecule has 2 bridgehead atoms. The van der Waals surface area contributed by atoms with Crippen LogP contribution >= 0.6 is 23.4 Å². The van der Waals surface area contributed by atoms with Crippen molar-refractivity contribution < 1.29 is 22.7 Å². The number of amides is 1. The minimum atomic E-state index is -3.86. The highest BCUT2D eigenvalue weighted by atomic mass is 35.5. The molecule has 4 aliphatic rings. The molecule has 7 nitrogen and oxygen atoms in total. The summed E-state index contributed by atoms with van der Waals surface area (Å²) in [6.45, 7) is 6.51. The van der Waals surface area contributed by atoms with Gasteiger partial charge >= 0.3 is 0 Å². The Balaban J connectivity index is 1.39.